The number of halogens is 1. The summed E-state index contributed by atoms with van der Waals surface area (Å²) >= 11 is 3.43. The van der Waals surface area contributed by atoms with Gasteiger partial charge < -0.3 is 14.8 Å². The van der Waals surface area contributed by atoms with E-state index < -0.39 is 6.10 Å². The maximum Gasteiger partial charge on any atom is 0.265 e. The first-order valence-corrected chi connectivity index (χ1v) is 8.53. The third kappa shape index (κ3) is 4.82. The van der Waals surface area contributed by atoms with Crippen molar-refractivity contribution in [2.45, 2.75) is 26.9 Å². The lowest BCUT2D eigenvalue weighted by Gasteiger charge is -2.17. The van der Waals surface area contributed by atoms with Gasteiger partial charge in [0.25, 0.3) is 5.91 Å². The normalized spacial score (nSPS) is 11.6. The Morgan fingerprint density at radius 1 is 1.12 bits per heavy atom. The van der Waals surface area contributed by atoms with Crippen LogP contribution in [0.1, 0.15) is 29.8 Å². The SMILES string of the molecule is COc1cc(C(C)=O)ccc1O[C@H](C)C(=O)Nc1ccc(C)cc1Br. The molecule has 0 unspecified atom stereocenters. The Morgan fingerprint density at radius 3 is 2.44 bits per heavy atom. The zero-order valence-electron chi connectivity index (χ0n) is 14.6. The number of carbonyl (C=O) groups is 2. The highest BCUT2D eigenvalue weighted by Crippen LogP contribution is 2.29. The fourth-order valence-corrected chi connectivity index (χ4v) is 2.78. The molecule has 0 aliphatic carbocycles. The average molecular weight is 406 g/mol. The van der Waals surface area contributed by atoms with Crippen LogP contribution in [0.3, 0.4) is 0 Å². The maximum absolute atomic E-state index is 12.4. The smallest absolute Gasteiger partial charge is 0.265 e. The predicted molar refractivity (Wildman–Crippen MR) is 101 cm³/mol. The molecule has 132 valence electrons. The van der Waals surface area contributed by atoms with Gasteiger partial charge >= 0.3 is 0 Å². The summed E-state index contributed by atoms with van der Waals surface area (Å²) in [7, 11) is 1.49. The van der Waals surface area contributed by atoms with Gasteiger partial charge in [-0.1, -0.05) is 6.07 Å². The maximum atomic E-state index is 12.4. The lowest BCUT2D eigenvalue weighted by atomic mass is 10.1. The van der Waals surface area contributed by atoms with Crippen LogP contribution in [0.15, 0.2) is 40.9 Å². The number of Topliss-reactive ketones (excluding diaryl/α,β-unsaturated/α-hetero) is 1. The summed E-state index contributed by atoms with van der Waals surface area (Å²) in [5, 5.41) is 2.82. The second kappa shape index (κ2) is 8.16. The second-order valence-corrected chi connectivity index (χ2v) is 6.51. The lowest BCUT2D eigenvalue weighted by Crippen LogP contribution is -2.30. The Balaban J connectivity index is 2.11. The lowest BCUT2D eigenvalue weighted by molar-refractivity contribution is -0.122. The number of ketones is 1. The van der Waals surface area contributed by atoms with E-state index in [2.05, 4.69) is 21.2 Å². The molecule has 1 N–H and O–H groups in total. The van der Waals surface area contributed by atoms with Gasteiger partial charge in [-0.05, 0) is 72.6 Å². The van der Waals surface area contributed by atoms with Crippen molar-refractivity contribution >= 4 is 33.3 Å². The van der Waals surface area contributed by atoms with E-state index in [-0.39, 0.29) is 11.7 Å². The molecule has 2 aromatic rings. The molecule has 0 saturated carbocycles. The third-order valence-electron chi connectivity index (χ3n) is 3.63. The molecule has 1 amide bonds. The quantitative estimate of drug-likeness (QED) is 0.724. The summed E-state index contributed by atoms with van der Waals surface area (Å²) in [6.45, 7) is 5.10. The number of carbonyl (C=O) groups excluding carboxylic acids is 2. The zero-order chi connectivity index (χ0) is 18.6. The Bertz CT molecular complexity index is 804. The zero-order valence-corrected chi connectivity index (χ0v) is 16.1. The summed E-state index contributed by atoms with van der Waals surface area (Å²) in [6, 6.07) is 10.5. The first-order chi connectivity index (χ1) is 11.8. The Labute approximate surface area is 155 Å². The fraction of sp³-hybridized carbons (Fsp3) is 0.263. The molecule has 0 aliphatic heterocycles. The monoisotopic (exact) mass is 405 g/mol. The van der Waals surface area contributed by atoms with E-state index in [1.165, 1.54) is 14.0 Å². The number of hydrogen-bond acceptors (Lipinski definition) is 4. The number of aryl methyl sites for hydroxylation is 1. The van der Waals surface area contributed by atoms with Gasteiger partial charge in [0.2, 0.25) is 0 Å². The van der Waals surface area contributed by atoms with Crippen molar-refractivity contribution < 1.29 is 19.1 Å². The van der Waals surface area contributed by atoms with Crippen LogP contribution < -0.4 is 14.8 Å². The number of benzene rings is 2. The first-order valence-electron chi connectivity index (χ1n) is 7.74. The van der Waals surface area contributed by atoms with Crippen molar-refractivity contribution in [3.8, 4) is 11.5 Å². The summed E-state index contributed by atoms with van der Waals surface area (Å²) in [6.07, 6.45) is -0.745. The molecule has 2 rings (SSSR count). The molecule has 2 aromatic carbocycles. The summed E-state index contributed by atoms with van der Waals surface area (Å²) < 4.78 is 11.8. The summed E-state index contributed by atoms with van der Waals surface area (Å²) in [5.41, 5.74) is 2.28. The van der Waals surface area contributed by atoms with E-state index >= 15 is 0 Å². The van der Waals surface area contributed by atoms with Crippen molar-refractivity contribution in [1.29, 1.82) is 0 Å². The molecule has 0 fully saturated rings. The summed E-state index contributed by atoms with van der Waals surface area (Å²) in [4.78, 5) is 23.8. The first kappa shape index (κ1) is 19.0. The Morgan fingerprint density at radius 2 is 1.84 bits per heavy atom. The highest BCUT2D eigenvalue weighted by Gasteiger charge is 2.18. The Hall–Kier alpha value is -2.34. The van der Waals surface area contributed by atoms with Gasteiger partial charge in [0.05, 0.1) is 12.8 Å². The molecule has 0 radical (unpaired) electrons. The van der Waals surface area contributed by atoms with E-state index in [9.17, 15) is 9.59 Å². The van der Waals surface area contributed by atoms with Crippen molar-refractivity contribution in [2.24, 2.45) is 0 Å². The molecular weight excluding hydrogens is 386 g/mol. The van der Waals surface area contributed by atoms with Crippen LogP contribution in [0, 0.1) is 6.92 Å². The molecule has 6 heteroatoms. The average Bonchev–Trinajstić information content (AvgIpc) is 2.57. The molecular formula is C19H20BrNO4. The van der Waals surface area contributed by atoms with Crippen molar-refractivity contribution in [3.63, 3.8) is 0 Å². The third-order valence-corrected chi connectivity index (χ3v) is 4.28. The molecule has 0 spiro atoms. The minimum Gasteiger partial charge on any atom is -0.493 e. The van der Waals surface area contributed by atoms with Gasteiger partial charge in [-0.15, -0.1) is 0 Å². The van der Waals surface area contributed by atoms with E-state index in [0.29, 0.717) is 22.7 Å². The van der Waals surface area contributed by atoms with Crippen LogP contribution in [-0.4, -0.2) is 24.9 Å². The van der Waals surface area contributed by atoms with Crippen LogP contribution >= 0.6 is 15.9 Å². The molecule has 5 nitrogen and oxygen atoms in total. The highest BCUT2D eigenvalue weighted by molar-refractivity contribution is 9.10. The number of methoxy groups -OCH3 is 1. The van der Waals surface area contributed by atoms with Gasteiger partial charge in [0.1, 0.15) is 0 Å². The van der Waals surface area contributed by atoms with Gasteiger partial charge in [-0.2, -0.15) is 0 Å². The topological polar surface area (TPSA) is 64.6 Å². The van der Waals surface area contributed by atoms with Gasteiger partial charge in [0.15, 0.2) is 23.4 Å². The van der Waals surface area contributed by atoms with E-state index in [4.69, 9.17) is 9.47 Å². The van der Waals surface area contributed by atoms with Crippen LogP contribution in [0.4, 0.5) is 5.69 Å². The molecule has 0 aliphatic rings. The molecule has 0 heterocycles. The van der Waals surface area contributed by atoms with Crippen LogP contribution in [0.2, 0.25) is 0 Å². The van der Waals surface area contributed by atoms with Gasteiger partial charge in [-0.3, -0.25) is 9.59 Å². The number of amides is 1. The van der Waals surface area contributed by atoms with E-state index in [1.807, 2.05) is 25.1 Å². The van der Waals surface area contributed by atoms with E-state index in [1.54, 1.807) is 25.1 Å². The van der Waals surface area contributed by atoms with Crippen LogP contribution in [-0.2, 0) is 4.79 Å². The minimum atomic E-state index is -0.745. The number of ether oxygens (including phenoxy) is 2. The molecule has 0 saturated heterocycles. The molecule has 0 bridgehead atoms. The molecule has 1 atom stereocenters. The van der Waals surface area contributed by atoms with Crippen LogP contribution in [0.25, 0.3) is 0 Å². The highest BCUT2D eigenvalue weighted by atomic mass is 79.9. The standard InChI is InChI=1S/C19H20BrNO4/c1-11-5-7-16(15(20)9-11)21-19(23)13(3)25-17-8-6-14(12(2)22)10-18(17)24-4/h5-10,13H,1-4H3,(H,21,23)/t13-/m1/s1. The molecule has 25 heavy (non-hydrogen) atoms. The predicted octanol–water partition coefficient (Wildman–Crippen LogP) is 4.37. The minimum absolute atomic E-state index is 0.0696. The Kier molecular flexibility index (Phi) is 6.20. The van der Waals surface area contributed by atoms with Crippen molar-refractivity contribution in [3.05, 3.63) is 52.0 Å². The number of anilines is 1. The van der Waals surface area contributed by atoms with Crippen molar-refractivity contribution in [1.82, 2.24) is 0 Å². The number of rotatable bonds is 6. The molecule has 0 aromatic heterocycles. The second-order valence-electron chi connectivity index (χ2n) is 5.65. The fourth-order valence-electron chi connectivity index (χ4n) is 2.18. The van der Waals surface area contributed by atoms with Crippen LogP contribution in [0.5, 0.6) is 11.5 Å². The van der Waals surface area contributed by atoms with Crippen molar-refractivity contribution in [2.75, 3.05) is 12.4 Å². The van der Waals surface area contributed by atoms with Gasteiger partial charge in [-0.25, -0.2) is 0 Å². The summed E-state index contributed by atoms with van der Waals surface area (Å²) in [5.74, 6) is 0.448. The van der Waals surface area contributed by atoms with E-state index in [0.717, 1.165) is 10.0 Å². The van der Waals surface area contributed by atoms with Gasteiger partial charge in [0, 0.05) is 10.0 Å². The number of nitrogens with one attached hydrogen (secondary N) is 1. The largest absolute Gasteiger partial charge is 0.493 e. The number of hydrogen-bond donors (Lipinski definition) is 1.